The van der Waals surface area contributed by atoms with Crippen LogP contribution in [-0.2, 0) is 4.79 Å². The van der Waals surface area contributed by atoms with Gasteiger partial charge in [-0.05, 0) is 13.3 Å². The van der Waals surface area contributed by atoms with Crippen LogP contribution in [0.25, 0.3) is 0 Å². The summed E-state index contributed by atoms with van der Waals surface area (Å²) in [5, 5.41) is 17.1. The fraction of sp³-hybridized carbons (Fsp3) is 0.300. The van der Waals surface area contributed by atoms with Gasteiger partial charge in [0.15, 0.2) is 5.82 Å². The van der Waals surface area contributed by atoms with Gasteiger partial charge in [-0.15, -0.1) is 0 Å². The summed E-state index contributed by atoms with van der Waals surface area (Å²) in [7, 11) is 0. The van der Waals surface area contributed by atoms with Gasteiger partial charge in [-0.2, -0.15) is 5.10 Å². The summed E-state index contributed by atoms with van der Waals surface area (Å²) in [6.45, 7) is 3.61. The number of carboxylic acids is 1. The first-order valence-electron chi connectivity index (χ1n) is 4.81. The van der Waals surface area contributed by atoms with Crippen LogP contribution in [0.1, 0.15) is 30.8 Å². The highest BCUT2D eigenvalue weighted by Crippen LogP contribution is 2.07. The molecular formula is C10H13N3O3. The highest BCUT2D eigenvalue weighted by Gasteiger charge is 2.10. The number of nitrogens with one attached hydrogen (secondary N) is 2. The zero-order chi connectivity index (χ0) is 12.1. The summed E-state index contributed by atoms with van der Waals surface area (Å²) in [4.78, 5) is 22.0. The van der Waals surface area contributed by atoms with Crippen molar-refractivity contribution in [2.24, 2.45) is 0 Å². The molecule has 0 radical (unpaired) electrons. The number of anilines is 1. The second kappa shape index (κ2) is 5.11. The maximum absolute atomic E-state index is 11.5. The van der Waals surface area contributed by atoms with Crippen LogP contribution in [0.15, 0.2) is 17.7 Å². The molecule has 0 bridgehead atoms. The minimum atomic E-state index is -1.12. The number of hydrogen-bond acceptors (Lipinski definition) is 3. The Kier molecular flexibility index (Phi) is 3.82. The summed E-state index contributed by atoms with van der Waals surface area (Å²) in [5.41, 5.74) is 0.509. The molecule has 1 aromatic rings. The lowest BCUT2D eigenvalue weighted by atomic mass is 10.2. The van der Waals surface area contributed by atoms with Gasteiger partial charge in [-0.25, -0.2) is 4.79 Å². The Bertz CT molecular complexity index is 434. The first-order valence-corrected chi connectivity index (χ1v) is 4.81. The van der Waals surface area contributed by atoms with E-state index >= 15 is 0 Å². The van der Waals surface area contributed by atoms with Crippen LogP contribution in [0.5, 0.6) is 0 Å². The molecule has 1 amide bonds. The maximum atomic E-state index is 11.5. The van der Waals surface area contributed by atoms with Crippen molar-refractivity contribution in [1.82, 2.24) is 10.2 Å². The largest absolute Gasteiger partial charge is 0.477 e. The van der Waals surface area contributed by atoms with Crippen LogP contribution in [-0.4, -0.2) is 27.2 Å². The Balaban J connectivity index is 2.70. The third-order valence-electron chi connectivity index (χ3n) is 1.92. The van der Waals surface area contributed by atoms with Crippen LogP contribution in [0, 0.1) is 0 Å². The molecule has 0 fully saturated rings. The predicted octanol–water partition coefficient (Wildman–Crippen LogP) is 1.40. The Morgan fingerprint density at radius 1 is 1.62 bits per heavy atom. The molecule has 6 heteroatoms. The Hall–Kier alpha value is -2.11. The van der Waals surface area contributed by atoms with Gasteiger partial charge in [-0.1, -0.05) is 13.0 Å². The van der Waals surface area contributed by atoms with Crippen molar-refractivity contribution in [2.75, 3.05) is 5.32 Å². The van der Waals surface area contributed by atoms with Gasteiger partial charge in [0.05, 0.1) is 0 Å². The molecule has 0 saturated carbocycles. The first-order chi connectivity index (χ1) is 7.54. The van der Waals surface area contributed by atoms with E-state index < -0.39 is 5.97 Å². The van der Waals surface area contributed by atoms with E-state index in [-0.39, 0.29) is 17.4 Å². The zero-order valence-corrected chi connectivity index (χ0v) is 9.07. The number of aromatic carboxylic acids is 1. The molecule has 16 heavy (non-hydrogen) atoms. The Morgan fingerprint density at radius 3 is 2.81 bits per heavy atom. The van der Waals surface area contributed by atoms with Crippen molar-refractivity contribution in [2.45, 2.75) is 20.3 Å². The van der Waals surface area contributed by atoms with E-state index in [4.69, 9.17) is 5.11 Å². The van der Waals surface area contributed by atoms with Crippen LogP contribution in [0.2, 0.25) is 0 Å². The number of carbonyl (C=O) groups is 2. The van der Waals surface area contributed by atoms with Crippen molar-refractivity contribution in [3.05, 3.63) is 23.4 Å². The van der Waals surface area contributed by atoms with Gasteiger partial charge >= 0.3 is 5.97 Å². The van der Waals surface area contributed by atoms with E-state index in [9.17, 15) is 9.59 Å². The summed E-state index contributed by atoms with van der Waals surface area (Å²) in [6, 6.07) is 1.26. The number of nitrogens with zero attached hydrogens (tertiary/aromatic N) is 1. The monoisotopic (exact) mass is 223 g/mol. The van der Waals surface area contributed by atoms with E-state index in [0.29, 0.717) is 5.57 Å². The first kappa shape index (κ1) is 12.0. The van der Waals surface area contributed by atoms with E-state index in [1.165, 1.54) is 6.07 Å². The minimum Gasteiger partial charge on any atom is -0.477 e. The number of amides is 1. The number of allylic oxidation sites excluding steroid dienone is 1. The van der Waals surface area contributed by atoms with Gasteiger partial charge in [0, 0.05) is 11.6 Å². The van der Waals surface area contributed by atoms with E-state index in [0.717, 1.165) is 6.42 Å². The van der Waals surface area contributed by atoms with Gasteiger partial charge in [0.1, 0.15) is 5.69 Å². The van der Waals surface area contributed by atoms with Gasteiger partial charge in [0.25, 0.3) is 5.91 Å². The van der Waals surface area contributed by atoms with Crippen molar-refractivity contribution in [3.63, 3.8) is 0 Å². The fourth-order valence-corrected chi connectivity index (χ4v) is 1.11. The molecule has 0 unspecified atom stereocenters. The molecule has 0 aromatic carbocycles. The number of rotatable bonds is 4. The number of carboxylic acid groups (broad SMARTS) is 1. The van der Waals surface area contributed by atoms with Crippen LogP contribution >= 0.6 is 0 Å². The Labute approximate surface area is 92.4 Å². The lowest BCUT2D eigenvalue weighted by Crippen LogP contribution is -2.12. The molecule has 1 heterocycles. The quantitative estimate of drug-likeness (QED) is 0.672. The second-order valence-corrected chi connectivity index (χ2v) is 3.22. The highest BCUT2D eigenvalue weighted by molar-refractivity contribution is 6.03. The second-order valence-electron chi connectivity index (χ2n) is 3.22. The molecule has 6 nitrogen and oxygen atoms in total. The minimum absolute atomic E-state index is 0.0626. The molecule has 0 spiro atoms. The van der Waals surface area contributed by atoms with Crippen molar-refractivity contribution in [3.8, 4) is 0 Å². The average molecular weight is 223 g/mol. The topological polar surface area (TPSA) is 95.1 Å². The van der Waals surface area contributed by atoms with Crippen LogP contribution in [0.3, 0.4) is 0 Å². The molecule has 1 rings (SSSR count). The summed E-state index contributed by atoms with van der Waals surface area (Å²) >= 11 is 0. The van der Waals surface area contributed by atoms with Crippen LogP contribution < -0.4 is 5.32 Å². The maximum Gasteiger partial charge on any atom is 0.353 e. The molecule has 1 aromatic heterocycles. The zero-order valence-electron chi connectivity index (χ0n) is 9.07. The molecule has 3 N–H and O–H groups in total. The molecule has 0 aliphatic rings. The van der Waals surface area contributed by atoms with Crippen LogP contribution in [0.4, 0.5) is 5.82 Å². The van der Waals surface area contributed by atoms with E-state index in [1.807, 2.05) is 6.92 Å². The fourth-order valence-electron chi connectivity index (χ4n) is 1.11. The standard InChI is InChI=1S/C10H13N3O3/c1-3-4-6(2)9(14)11-8-5-7(10(15)16)12-13-8/h4-5H,3H2,1-2H3,(H,15,16)(H2,11,12,13,14). The number of H-pyrrole nitrogens is 1. The lowest BCUT2D eigenvalue weighted by molar-refractivity contribution is -0.112. The smallest absolute Gasteiger partial charge is 0.353 e. The van der Waals surface area contributed by atoms with Gasteiger partial charge < -0.3 is 10.4 Å². The summed E-state index contributed by atoms with van der Waals surface area (Å²) < 4.78 is 0. The molecule has 86 valence electrons. The molecule has 0 aliphatic carbocycles. The van der Waals surface area contributed by atoms with Crippen molar-refractivity contribution < 1.29 is 14.7 Å². The number of aromatic amines is 1. The van der Waals surface area contributed by atoms with E-state index in [1.54, 1.807) is 13.0 Å². The molecule has 0 atom stereocenters. The number of aromatic nitrogens is 2. The predicted molar refractivity (Wildman–Crippen MR) is 58.2 cm³/mol. The average Bonchev–Trinajstić information content (AvgIpc) is 2.66. The van der Waals surface area contributed by atoms with Crippen molar-refractivity contribution in [1.29, 1.82) is 0 Å². The molecular weight excluding hydrogens is 210 g/mol. The normalized spacial score (nSPS) is 11.2. The molecule has 0 aliphatic heterocycles. The van der Waals surface area contributed by atoms with Crippen molar-refractivity contribution >= 4 is 17.7 Å². The lowest BCUT2D eigenvalue weighted by Gasteiger charge is -2.00. The SMILES string of the molecule is CCC=C(C)C(=O)Nc1cc(C(=O)O)[nH]n1. The summed E-state index contributed by atoms with van der Waals surface area (Å²) in [6.07, 6.45) is 2.54. The Morgan fingerprint density at radius 2 is 2.31 bits per heavy atom. The third kappa shape index (κ3) is 2.94. The highest BCUT2D eigenvalue weighted by atomic mass is 16.4. The summed E-state index contributed by atoms with van der Waals surface area (Å²) in [5.74, 6) is -1.20. The van der Waals surface area contributed by atoms with E-state index in [2.05, 4.69) is 15.5 Å². The number of hydrogen-bond donors (Lipinski definition) is 3. The van der Waals surface area contributed by atoms with Gasteiger partial charge in [0.2, 0.25) is 0 Å². The number of carbonyl (C=O) groups excluding carboxylic acids is 1. The molecule has 0 saturated heterocycles. The third-order valence-corrected chi connectivity index (χ3v) is 1.92. The van der Waals surface area contributed by atoms with Gasteiger partial charge in [-0.3, -0.25) is 9.89 Å².